The van der Waals surface area contributed by atoms with Crippen LogP contribution in [0.3, 0.4) is 0 Å². The average molecular weight is 293 g/mol. The van der Waals surface area contributed by atoms with Gasteiger partial charge in [0.05, 0.1) is 4.92 Å². The van der Waals surface area contributed by atoms with Gasteiger partial charge in [-0.05, 0) is 26.7 Å². The van der Waals surface area contributed by atoms with Gasteiger partial charge < -0.3 is 10.6 Å². The monoisotopic (exact) mass is 293 g/mol. The number of nitro groups is 1. The first-order valence-corrected chi connectivity index (χ1v) is 7.60. The molecule has 1 saturated carbocycles. The summed E-state index contributed by atoms with van der Waals surface area (Å²) in [5.74, 6) is 0.603. The van der Waals surface area contributed by atoms with E-state index in [9.17, 15) is 10.1 Å². The molecule has 1 aromatic heterocycles. The van der Waals surface area contributed by atoms with Crippen LogP contribution >= 0.6 is 0 Å². The molecule has 0 bridgehead atoms. The molecule has 116 valence electrons. The van der Waals surface area contributed by atoms with E-state index in [1.54, 1.807) is 0 Å². The van der Waals surface area contributed by atoms with E-state index >= 15 is 0 Å². The Hall–Kier alpha value is -1.92. The van der Waals surface area contributed by atoms with Gasteiger partial charge in [-0.25, -0.2) is 9.97 Å². The Morgan fingerprint density at radius 1 is 1.19 bits per heavy atom. The minimum absolute atomic E-state index is 0.0598. The molecule has 1 fully saturated rings. The van der Waals surface area contributed by atoms with Crippen LogP contribution in [0.25, 0.3) is 0 Å². The van der Waals surface area contributed by atoms with Gasteiger partial charge in [-0.3, -0.25) is 10.1 Å². The van der Waals surface area contributed by atoms with Crippen LogP contribution in [0.2, 0.25) is 0 Å². The van der Waals surface area contributed by atoms with Crippen LogP contribution in [0.1, 0.15) is 52.4 Å². The van der Waals surface area contributed by atoms with Crippen LogP contribution in [0.15, 0.2) is 6.33 Å². The fraction of sp³-hybridized carbons (Fsp3) is 0.714. The van der Waals surface area contributed by atoms with Crippen molar-refractivity contribution in [3.8, 4) is 0 Å². The Balaban J connectivity index is 2.22. The molecular weight excluding hydrogens is 270 g/mol. The Bertz CT molecular complexity index is 484. The van der Waals surface area contributed by atoms with E-state index in [1.807, 2.05) is 13.8 Å². The standard InChI is InChI=1S/C14H23N5O2/c1-10(2)17-13-12(19(20)21)14(16-9-15-13)18-11-7-5-3-4-6-8-11/h9-11H,3-8H2,1-2H3,(H2,15,16,17,18). The number of nitrogens with one attached hydrogen (secondary N) is 2. The molecule has 1 aliphatic carbocycles. The molecule has 21 heavy (non-hydrogen) atoms. The summed E-state index contributed by atoms with van der Waals surface area (Å²) in [6.07, 6.45) is 8.24. The Kier molecular flexibility index (Phi) is 5.30. The summed E-state index contributed by atoms with van der Waals surface area (Å²) in [5.41, 5.74) is -0.0598. The molecule has 0 saturated heterocycles. The van der Waals surface area contributed by atoms with Crippen molar-refractivity contribution in [3.05, 3.63) is 16.4 Å². The fourth-order valence-corrected chi connectivity index (χ4v) is 2.65. The summed E-state index contributed by atoms with van der Waals surface area (Å²) in [6, 6.07) is 0.331. The number of nitrogens with zero attached hydrogens (tertiary/aromatic N) is 3. The normalized spacial score (nSPS) is 16.5. The summed E-state index contributed by atoms with van der Waals surface area (Å²) in [7, 11) is 0. The lowest BCUT2D eigenvalue weighted by molar-refractivity contribution is -0.383. The number of hydrogen-bond donors (Lipinski definition) is 2. The molecule has 0 spiro atoms. The number of hydrogen-bond acceptors (Lipinski definition) is 6. The fourth-order valence-electron chi connectivity index (χ4n) is 2.65. The van der Waals surface area contributed by atoms with E-state index in [-0.39, 0.29) is 23.6 Å². The van der Waals surface area contributed by atoms with Crippen molar-refractivity contribution in [2.45, 2.75) is 64.5 Å². The van der Waals surface area contributed by atoms with Crippen LogP contribution in [0.4, 0.5) is 17.3 Å². The molecule has 0 amide bonds. The second-order valence-corrected chi connectivity index (χ2v) is 5.81. The zero-order chi connectivity index (χ0) is 15.2. The van der Waals surface area contributed by atoms with E-state index in [0.29, 0.717) is 5.82 Å². The third kappa shape index (κ3) is 4.27. The Labute approximate surface area is 124 Å². The van der Waals surface area contributed by atoms with Gasteiger partial charge in [0, 0.05) is 12.1 Å². The highest BCUT2D eigenvalue weighted by molar-refractivity contribution is 5.69. The van der Waals surface area contributed by atoms with Gasteiger partial charge in [-0.1, -0.05) is 25.7 Å². The topological polar surface area (TPSA) is 93.0 Å². The SMILES string of the molecule is CC(C)Nc1ncnc(NC2CCCCCC2)c1[N+](=O)[O-]. The van der Waals surface area contributed by atoms with E-state index in [1.165, 1.54) is 19.2 Å². The number of rotatable bonds is 5. The van der Waals surface area contributed by atoms with Gasteiger partial charge in [0.15, 0.2) is 0 Å². The highest BCUT2D eigenvalue weighted by Crippen LogP contribution is 2.31. The van der Waals surface area contributed by atoms with Gasteiger partial charge in [-0.2, -0.15) is 0 Å². The second-order valence-electron chi connectivity index (χ2n) is 5.81. The van der Waals surface area contributed by atoms with Crippen LogP contribution < -0.4 is 10.6 Å². The van der Waals surface area contributed by atoms with Crippen molar-refractivity contribution in [1.29, 1.82) is 0 Å². The van der Waals surface area contributed by atoms with Crippen molar-refractivity contribution in [3.63, 3.8) is 0 Å². The zero-order valence-electron chi connectivity index (χ0n) is 12.6. The van der Waals surface area contributed by atoms with Gasteiger partial charge >= 0.3 is 5.69 Å². The molecule has 1 heterocycles. The first kappa shape index (κ1) is 15.5. The van der Waals surface area contributed by atoms with Crippen molar-refractivity contribution in [2.75, 3.05) is 10.6 Å². The van der Waals surface area contributed by atoms with Crippen LogP contribution in [0, 0.1) is 10.1 Å². The molecule has 0 radical (unpaired) electrons. The van der Waals surface area contributed by atoms with E-state index < -0.39 is 4.92 Å². The molecule has 1 aromatic rings. The Morgan fingerprint density at radius 3 is 2.38 bits per heavy atom. The third-order valence-electron chi connectivity index (χ3n) is 3.63. The highest BCUT2D eigenvalue weighted by atomic mass is 16.6. The predicted octanol–water partition coefficient (Wildman–Crippen LogP) is 3.34. The van der Waals surface area contributed by atoms with Gasteiger partial charge in [0.2, 0.25) is 11.6 Å². The van der Waals surface area contributed by atoms with Gasteiger partial charge in [-0.15, -0.1) is 0 Å². The molecule has 1 aliphatic rings. The third-order valence-corrected chi connectivity index (χ3v) is 3.63. The summed E-state index contributed by atoms with van der Waals surface area (Å²) < 4.78 is 0. The minimum atomic E-state index is -0.413. The van der Waals surface area contributed by atoms with Gasteiger partial charge in [0.1, 0.15) is 6.33 Å². The lowest BCUT2D eigenvalue weighted by atomic mass is 10.1. The van der Waals surface area contributed by atoms with Crippen molar-refractivity contribution in [2.24, 2.45) is 0 Å². The lowest BCUT2D eigenvalue weighted by Crippen LogP contribution is -2.21. The molecule has 0 aromatic carbocycles. The maximum Gasteiger partial charge on any atom is 0.353 e. The van der Waals surface area contributed by atoms with E-state index in [2.05, 4.69) is 20.6 Å². The summed E-state index contributed by atoms with van der Waals surface area (Å²) in [4.78, 5) is 19.1. The second kappa shape index (κ2) is 7.19. The lowest BCUT2D eigenvalue weighted by Gasteiger charge is -2.17. The summed E-state index contributed by atoms with van der Waals surface area (Å²) >= 11 is 0. The largest absolute Gasteiger partial charge is 0.362 e. The molecule has 2 N–H and O–H groups in total. The minimum Gasteiger partial charge on any atom is -0.362 e. The summed E-state index contributed by atoms with van der Waals surface area (Å²) in [6.45, 7) is 3.84. The smallest absolute Gasteiger partial charge is 0.353 e. The zero-order valence-corrected chi connectivity index (χ0v) is 12.6. The average Bonchev–Trinajstić information content (AvgIpc) is 2.66. The first-order valence-electron chi connectivity index (χ1n) is 7.60. The molecule has 7 nitrogen and oxygen atoms in total. The molecule has 0 atom stereocenters. The maximum atomic E-state index is 11.4. The molecule has 0 unspecified atom stereocenters. The molecule has 7 heteroatoms. The van der Waals surface area contributed by atoms with Crippen LogP contribution in [0.5, 0.6) is 0 Å². The van der Waals surface area contributed by atoms with Gasteiger partial charge in [0.25, 0.3) is 0 Å². The Morgan fingerprint density at radius 2 is 1.81 bits per heavy atom. The number of aromatic nitrogens is 2. The van der Waals surface area contributed by atoms with Crippen molar-refractivity contribution < 1.29 is 4.92 Å². The maximum absolute atomic E-state index is 11.4. The van der Waals surface area contributed by atoms with Crippen molar-refractivity contribution >= 4 is 17.3 Å². The molecule has 0 aliphatic heterocycles. The molecule has 2 rings (SSSR count). The van der Waals surface area contributed by atoms with E-state index in [4.69, 9.17) is 0 Å². The van der Waals surface area contributed by atoms with Crippen molar-refractivity contribution in [1.82, 2.24) is 9.97 Å². The first-order chi connectivity index (χ1) is 10.1. The number of anilines is 2. The van der Waals surface area contributed by atoms with Crippen LogP contribution in [-0.4, -0.2) is 27.0 Å². The molecular formula is C14H23N5O2. The summed E-state index contributed by atoms with van der Waals surface area (Å²) in [5, 5.41) is 17.6. The van der Waals surface area contributed by atoms with E-state index in [0.717, 1.165) is 25.7 Å². The van der Waals surface area contributed by atoms with Crippen LogP contribution in [-0.2, 0) is 0 Å². The predicted molar refractivity (Wildman–Crippen MR) is 82.6 cm³/mol. The highest BCUT2D eigenvalue weighted by Gasteiger charge is 2.25. The quantitative estimate of drug-likeness (QED) is 0.491.